The van der Waals surface area contributed by atoms with Crippen LogP contribution >= 0.6 is 0 Å². The van der Waals surface area contributed by atoms with Crippen molar-refractivity contribution in [2.75, 3.05) is 26.2 Å². The molecule has 152 valence electrons. The van der Waals surface area contributed by atoms with E-state index in [-0.39, 0.29) is 31.1 Å². The summed E-state index contributed by atoms with van der Waals surface area (Å²) in [5.74, 6) is -1.05. The van der Waals surface area contributed by atoms with Gasteiger partial charge in [-0.15, -0.1) is 0 Å². The molecule has 2 aliphatic heterocycles. The Morgan fingerprint density at radius 3 is 2.82 bits per heavy atom. The molecule has 0 radical (unpaired) electrons. The molecule has 2 atom stereocenters. The standard InChI is InChI=1S/C20H27N3O5/c1-20(18(25)26)7-8-23(13-20)19(27)22-11-14-4-2-5-15(10-14)17(24)21-12-16-6-3-9-28-16/h2,4-5,10,16H,3,6-9,11-13H2,1H3,(H,21,24)(H,22,27)(H,25,26). The van der Waals surface area contributed by atoms with E-state index in [1.807, 2.05) is 6.07 Å². The van der Waals surface area contributed by atoms with Gasteiger partial charge >= 0.3 is 12.0 Å². The van der Waals surface area contributed by atoms with Crippen LogP contribution in [0, 0.1) is 5.41 Å². The first-order valence-electron chi connectivity index (χ1n) is 9.62. The van der Waals surface area contributed by atoms with Crippen LogP contribution in [0.1, 0.15) is 42.1 Å². The molecule has 2 aliphatic rings. The molecule has 0 spiro atoms. The van der Waals surface area contributed by atoms with Crippen molar-refractivity contribution in [2.24, 2.45) is 5.41 Å². The van der Waals surface area contributed by atoms with E-state index in [0.29, 0.717) is 25.1 Å². The summed E-state index contributed by atoms with van der Waals surface area (Å²) in [5, 5.41) is 15.0. The highest BCUT2D eigenvalue weighted by Gasteiger charge is 2.42. The van der Waals surface area contributed by atoms with Crippen molar-refractivity contribution in [1.82, 2.24) is 15.5 Å². The number of carbonyl (C=O) groups is 3. The first kappa shape index (κ1) is 20.1. The number of likely N-dealkylation sites (tertiary alicyclic amines) is 1. The third-order valence-electron chi connectivity index (χ3n) is 5.42. The number of nitrogens with one attached hydrogen (secondary N) is 2. The van der Waals surface area contributed by atoms with Crippen LogP contribution in [0.5, 0.6) is 0 Å². The van der Waals surface area contributed by atoms with Crippen LogP contribution in [-0.2, 0) is 16.1 Å². The topological polar surface area (TPSA) is 108 Å². The van der Waals surface area contributed by atoms with E-state index in [9.17, 15) is 19.5 Å². The molecule has 8 nitrogen and oxygen atoms in total. The number of nitrogens with zero attached hydrogens (tertiary/aromatic N) is 1. The van der Waals surface area contributed by atoms with E-state index in [2.05, 4.69) is 10.6 Å². The molecule has 1 aromatic rings. The van der Waals surface area contributed by atoms with Crippen LogP contribution in [0.15, 0.2) is 24.3 Å². The number of carboxylic acid groups (broad SMARTS) is 1. The van der Waals surface area contributed by atoms with Crippen molar-refractivity contribution in [2.45, 2.75) is 38.8 Å². The van der Waals surface area contributed by atoms with Crippen molar-refractivity contribution in [3.8, 4) is 0 Å². The molecule has 3 amide bonds. The minimum Gasteiger partial charge on any atom is -0.481 e. The van der Waals surface area contributed by atoms with Gasteiger partial charge in [0, 0.05) is 38.3 Å². The predicted molar refractivity (Wildman–Crippen MR) is 102 cm³/mol. The number of ether oxygens (including phenoxy) is 1. The molecule has 2 fully saturated rings. The number of amides is 3. The lowest BCUT2D eigenvalue weighted by atomic mass is 9.90. The SMILES string of the molecule is CC1(C(=O)O)CCN(C(=O)NCc2cccc(C(=O)NCC3CCCO3)c2)C1. The first-order valence-corrected chi connectivity index (χ1v) is 9.62. The van der Waals surface area contributed by atoms with E-state index < -0.39 is 11.4 Å². The maximum Gasteiger partial charge on any atom is 0.317 e. The minimum atomic E-state index is -0.890. The molecule has 0 bridgehead atoms. The number of rotatable bonds is 6. The normalized spacial score (nSPS) is 24.2. The van der Waals surface area contributed by atoms with Crippen LogP contribution in [0.3, 0.4) is 0 Å². The van der Waals surface area contributed by atoms with Gasteiger partial charge < -0.3 is 25.4 Å². The Kier molecular flexibility index (Phi) is 6.18. The number of hydrogen-bond donors (Lipinski definition) is 3. The molecule has 2 heterocycles. The molecule has 3 rings (SSSR count). The van der Waals surface area contributed by atoms with Crippen LogP contribution < -0.4 is 10.6 Å². The summed E-state index contributed by atoms with van der Waals surface area (Å²) < 4.78 is 5.50. The minimum absolute atomic E-state index is 0.0865. The van der Waals surface area contributed by atoms with Crippen LogP contribution in [0.25, 0.3) is 0 Å². The number of benzene rings is 1. The summed E-state index contributed by atoms with van der Waals surface area (Å²) >= 11 is 0. The van der Waals surface area contributed by atoms with Crippen LogP contribution in [-0.4, -0.2) is 60.3 Å². The lowest BCUT2D eigenvalue weighted by molar-refractivity contribution is -0.147. The van der Waals surface area contributed by atoms with Crippen molar-refractivity contribution in [3.05, 3.63) is 35.4 Å². The molecule has 0 saturated carbocycles. The third-order valence-corrected chi connectivity index (χ3v) is 5.42. The summed E-state index contributed by atoms with van der Waals surface area (Å²) in [7, 11) is 0. The molecule has 0 aliphatic carbocycles. The molecule has 2 unspecified atom stereocenters. The summed E-state index contributed by atoms with van der Waals surface area (Å²) in [4.78, 5) is 37.5. The van der Waals surface area contributed by atoms with Crippen molar-refractivity contribution in [3.63, 3.8) is 0 Å². The smallest absolute Gasteiger partial charge is 0.317 e. The summed E-state index contributed by atoms with van der Waals surface area (Å²) in [6, 6.07) is 6.80. The lowest BCUT2D eigenvalue weighted by Gasteiger charge is -2.20. The number of carbonyl (C=O) groups excluding carboxylic acids is 2. The van der Waals surface area contributed by atoms with E-state index in [1.165, 1.54) is 4.90 Å². The Balaban J connectivity index is 1.49. The first-order chi connectivity index (χ1) is 13.4. The highest BCUT2D eigenvalue weighted by molar-refractivity contribution is 5.94. The summed E-state index contributed by atoms with van der Waals surface area (Å²) in [5.41, 5.74) is 0.445. The van der Waals surface area contributed by atoms with Crippen molar-refractivity contribution >= 4 is 17.9 Å². The molecule has 3 N–H and O–H groups in total. The van der Waals surface area contributed by atoms with Crippen molar-refractivity contribution in [1.29, 1.82) is 0 Å². The molecule has 28 heavy (non-hydrogen) atoms. The second-order valence-electron chi connectivity index (χ2n) is 7.74. The highest BCUT2D eigenvalue weighted by atomic mass is 16.5. The zero-order valence-electron chi connectivity index (χ0n) is 16.1. The number of aliphatic carboxylic acids is 1. The quantitative estimate of drug-likeness (QED) is 0.685. The predicted octanol–water partition coefficient (Wildman–Crippen LogP) is 1.60. The Labute approximate surface area is 164 Å². The van der Waals surface area contributed by atoms with Gasteiger partial charge in [-0.05, 0) is 43.9 Å². The van der Waals surface area contributed by atoms with Gasteiger partial charge in [-0.25, -0.2) is 4.79 Å². The second kappa shape index (κ2) is 8.60. The number of urea groups is 1. The van der Waals surface area contributed by atoms with Crippen LogP contribution in [0.4, 0.5) is 4.79 Å². The summed E-state index contributed by atoms with van der Waals surface area (Å²) in [6.45, 7) is 3.78. The Bertz CT molecular complexity index is 747. The van der Waals surface area contributed by atoms with Gasteiger partial charge in [-0.2, -0.15) is 0 Å². The van der Waals surface area contributed by atoms with Crippen molar-refractivity contribution < 1.29 is 24.2 Å². The van der Waals surface area contributed by atoms with Gasteiger partial charge in [0.1, 0.15) is 0 Å². The fourth-order valence-electron chi connectivity index (χ4n) is 3.53. The fourth-order valence-corrected chi connectivity index (χ4v) is 3.53. The zero-order valence-corrected chi connectivity index (χ0v) is 16.1. The van der Waals surface area contributed by atoms with Gasteiger partial charge in [0.2, 0.25) is 0 Å². The monoisotopic (exact) mass is 389 g/mol. The van der Waals surface area contributed by atoms with Crippen LogP contribution in [0.2, 0.25) is 0 Å². The Hall–Kier alpha value is -2.61. The Morgan fingerprint density at radius 2 is 2.14 bits per heavy atom. The highest BCUT2D eigenvalue weighted by Crippen LogP contribution is 2.30. The average molecular weight is 389 g/mol. The van der Waals surface area contributed by atoms with Gasteiger partial charge in [-0.3, -0.25) is 9.59 Å². The van der Waals surface area contributed by atoms with Gasteiger partial charge in [0.15, 0.2) is 0 Å². The lowest BCUT2D eigenvalue weighted by Crippen LogP contribution is -2.40. The molecule has 8 heteroatoms. The van der Waals surface area contributed by atoms with E-state index >= 15 is 0 Å². The van der Waals surface area contributed by atoms with E-state index in [1.54, 1.807) is 25.1 Å². The maximum atomic E-state index is 12.3. The van der Waals surface area contributed by atoms with E-state index in [0.717, 1.165) is 25.0 Å². The average Bonchev–Trinajstić information content (AvgIpc) is 3.35. The maximum absolute atomic E-state index is 12.3. The fraction of sp³-hybridized carbons (Fsp3) is 0.550. The molecular formula is C20H27N3O5. The van der Waals surface area contributed by atoms with Gasteiger partial charge in [0.25, 0.3) is 5.91 Å². The van der Waals surface area contributed by atoms with Gasteiger partial charge in [0.05, 0.1) is 11.5 Å². The Morgan fingerprint density at radius 1 is 1.32 bits per heavy atom. The largest absolute Gasteiger partial charge is 0.481 e. The molecule has 2 saturated heterocycles. The number of hydrogen-bond acceptors (Lipinski definition) is 4. The molecule has 0 aromatic heterocycles. The molecular weight excluding hydrogens is 362 g/mol. The molecule has 1 aromatic carbocycles. The number of carboxylic acids is 1. The second-order valence-corrected chi connectivity index (χ2v) is 7.74. The third kappa shape index (κ3) is 4.81. The zero-order chi connectivity index (χ0) is 20.1. The van der Waals surface area contributed by atoms with E-state index in [4.69, 9.17) is 4.74 Å². The van der Waals surface area contributed by atoms with Gasteiger partial charge in [-0.1, -0.05) is 12.1 Å². The summed E-state index contributed by atoms with van der Waals surface area (Å²) in [6.07, 6.45) is 2.52.